The molecule has 6 heteroatoms. The second-order valence-corrected chi connectivity index (χ2v) is 4.43. The van der Waals surface area contributed by atoms with Gasteiger partial charge in [-0.05, 0) is 18.9 Å². The number of benzene rings is 1. The predicted octanol–water partition coefficient (Wildman–Crippen LogP) is 0.546. The predicted molar refractivity (Wildman–Crippen MR) is 74.6 cm³/mol. The van der Waals surface area contributed by atoms with Crippen molar-refractivity contribution in [1.82, 2.24) is 5.32 Å². The average molecular weight is 280 g/mol. The molecule has 6 nitrogen and oxygen atoms in total. The molecule has 0 fully saturated rings. The van der Waals surface area contributed by atoms with Crippen LogP contribution in [0, 0.1) is 0 Å². The van der Waals surface area contributed by atoms with Gasteiger partial charge in [0.05, 0.1) is 13.5 Å². The molecule has 0 heterocycles. The minimum atomic E-state index is -1.02. The monoisotopic (exact) mass is 280 g/mol. The number of nitrogens with two attached hydrogens (primary N) is 1. The fourth-order valence-electron chi connectivity index (χ4n) is 1.76. The standard InChI is InChI=1S/C14H20N2O4/c1-20-12-7-3-2-5-10(12)9-13(17)16-8-4-6-11(15)14(18)19/h2-3,5,7,11H,4,6,8-9,15H2,1H3,(H,16,17)(H,18,19)/t11-/m0/s1. The third-order valence-electron chi connectivity index (χ3n) is 2.87. The summed E-state index contributed by atoms with van der Waals surface area (Å²) < 4.78 is 5.17. The lowest BCUT2D eigenvalue weighted by Gasteiger charge is -2.09. The van der Waals surface area contributed by atoms with Gasteiger partial charge in [-0.15, -0.1) is 0 Å². The number of aliphatic carboxylic acids is 1. The van der Waals surface area contributed by atoms with Gasteiger partial charge < -0.3 is 20.9 Å². The average Bonchev–Trinajstić information content (AvgIpc) is 2.43. The van der Waals surface area contributed by atoms with Crippen LogP contribution in [0.2, 0.25) is 0 Å². The molecule has 1 rings (SSSR count). The molecule has 0 aliphatic carbocycles. The normalized spacial score (nSPS) is 11.7. The largest absolute Gasteiger partial charge is 0.496 e. The van der Waals surface area contributed by atoms with E-state index in [9.17, 15) is 9.59 Å². The molecule has 0 saturated carbocycles. The van der Waals surface area contributed by atoms with Crippen LogP contribution in [0.3, 0.4) is 0 Å². The Hall–Kier alpha value is -2.08. The number of amides is 1. The number of hydrogen-bond donors (Lipinski definition) is 3. The fourth-order valence-corrected chi connectivity index (χ4v) is 1.76. The van der Waals surface area contributed by atoms with Gasteiger partial charge in [0.25, 0.3) is 0 Å². The van der Waals surface area contributed by atoms with Crippen LogP contribution >= 0.6 is 0 Å². The zero-order valence-corrected chi connectivity index (χ0v) is 11.5. The Morgan fingerprint density at radius 3 is 2.75 bits per heavy atom. The van der Waals surface area contributed by atoms with Crippen molar-refractivity contribution in [3.8, 4) is 5.75 Å². The van der Waals surface area contributed by atoms with Crippen molar-refractivity contribution in [3.63, 3.8) is 0 Å². The molecule has 1 atom stereocenters. The van der Waals surface area contributed by atoms with Gasteiger partial charge in [-0.3, -0.25) is 9.59 Å². The quantitative estimate of drug-likeness (QED) is 0.603. The molecule has 0 aliphatic rings. The summed E-state index contributed by atoms with van der Waals surface area (Å²) in [6.45, 7) is 0.412. The minimum absolute atomic E-state index is 0.126. The summed E-state index contributed by atoms with van der Waals surface area (Å²) in [5.41, 5.74) is 6.18. The summed E-state index contributed by atoms with van der Waals surface area (Å²) in [6.07, 6.45) is 1.10. The molecule has 0 bridgehead atoms. The van der Waals surface area contributed by atoms with Crippen molar-refractivity contribution in [1.29, 1.82) is 0 Å². The summed E-state index contributed by atoms with van der Waals surface area (Å²) in [6, 6.07) is 6.44. The van der Waals surface area contributed by atoms with Crippen molar-refractivity contribution in [2.24, 2.45) is 5.73 Å². The maximum atomic E-state index is 11.7. The van der Waals surface area contributed by atoms with Crippen LogP contribution < -0.4 is 15.8 Å². The molecule has 110 valence electrons. The highest BCUT2D eigenvalue weighted by Crippen LogP contribution is 2.17. The van der Waals surface area contributed by atoms with Crippen LogP contribution in [0.4, 0.5) is 0 Å². The Morgan fingerprint density at radius 1 is 1.40 bits per heavy atom. The summed E-state index contributed by atoms with van der Waals surface area (Å²) in [4.78, 5) is 22.3. The fraction of sp³-hybridized carbons (Fsp3) is 0.429. The maximum absolute atomic E-state index is 11.7. The Bertz CT molecular complexity index is 462. The number of hydrogen-bond acceptors (Lipinski definition) is 4. The highest BCUT2D eigenvalue weighted by molar-refractivity contribution is 5.79. The molecule has 0 saturated heterocycles. The van der Waals surface area contributed by atoms with E-state index in [0.717, 1.165) is 5.56 Å². The molecule has 1 amide bonds. The third kappa shape index (κ3) is 5.27. The zero-order chi connectivity index (χ0) is 15.0. The lowest BCUT2D eigenvalue weighted by atomic mass is 10.1. The van der Waals surface area contributed by atoms with Crippen molar-refractivity contribution < 1.29 is 19.4 Å². The first-order chi connectivity index (χ1) is 9.54. The highest BCUT2D eigenvalue weighted by Gasteiger charge is 2.11. The van der Waals surface area contributed by atoms with E-state index in [1.165, 1.54) is 0 Å². The Labute approximate surface area is 117 Å². The van der Waals surface area contributed by atoms with Crippen LogP contribution in [0.5, 0.6) is 5.75 Å². The number of carbonyl (C=O) groups is 2. The smallest absolute Gasteiger partial charge is 0.320 e. The van der Waals surface area contributed by atoms with Crippen LogP contribution in [0.1, 0.15) is 18.4 Å². The number of carboxylic acids is 1. The topological polar surface area (TPSA) is 102 Å². The molecule has 0 aliphatic heterocycles. The zero-order valence-electron chi connectivity index (χ0n) is 11.5. The first kappa shape index (κ1) is 16.0. The van der Waals surface area contributed by atoms with Crippen molar-refractivity contribution in [2.45, 2.75) is 25.3 Å². The summed E-state index contributed by atoms with van der Waals surface area (Å²) in [5.74, 6) is -0.473. The van der Waals surface area contributed by atoms with E-state index in [1.807, 2.05) is 18.2 Å². The molecular weight excluding hydrogens is 260 g/mol. The van der Waals surface area contributed by atoms with E-state index in [-0.39, 0.29) is 12.3 Å². The second kappa shape index (κ2) is 8.16. The van der Waals surface area contributed by atoms with Gasteiger partial charge in [-0.25, -0.2) is 0 Å². The lowest BCUT2D eigenvalue weighted by molar-refractivity contribution is -0.138. The van der Waals surface area contributed by atoms with Gasteiger partial charge >= 0.3 is 5.97 Å². The molecule has 0 unspecified atom stereocenters. The number of nitrogens with one attached hydrogen (secondary N) is 1. The number of ether oxygens (including phenoxy) is 1. The van der Waals surface area contributed by atoms with Gasteiger partial charge in [0.1, 0.15) is 11.8 Å². The van der Waals surface area contributed by atoms with Crippen LogP contribution in [-0.4, -0.2) is 36.7 Å². The molecular formula is C14H20N2O4. The van der Waals surface area contributed by atoms with E-state index in [4.69, 9.17) is 15.6 Å². The van der Waals surface area contributed by atoms with Gasteiger partial charge in [0, 0.05) is 12.1 Å². The van der Waals surface area contributed by atoms with Crippen molar-refractivity contribution >= 4 is 11.9 Å². The molecule has 4 N–H and O–H groups in total. The Morgan fingerprint density at radius 2 is 2.10 bits per heavy atom. The molecule has 0 aromatic heterocycles. The second-order valence-electron chi connectivity index (χ2n) is 4.43. The highest BCUT2D eigenvalue weighted by atomic mass is 16.5. The van der Waals surface area contributed by atoms with Gasteiger partial charge in [-0.2, -0.15) is 0 Å². The number of carbonyl (C=O) groups excluding carboxylic acids is 1. The van der Waals surface area contributed by atoms with Gasteiger partial charge in [-0.1, -0.05) is 18.2 Å². The van der Waals surface area contributed by atoms with E-state index in [2.05, 4.69) is 5.32 Å². The first-order valence-electron chi connectivity index (χ1n) is 6.41. The van der Waals surface area contributed by atoms with E-state index in [1.54, 1.807) is 13.2 Å². The number of rotatable bonds is 8. The molecule has 1 aromatic rings. The van der Waals surface area contributed by atoms with Crippen LogP contribution in [0.25, 0.3) is 0 Å². The van der Waals surface area contributed by atoms with E-state index < -0.39 is 12.0 Å². The number of methoxy groups -OCH3 is 1. The van der Waals surface area contributed by atoms with Gasteiger partial charge in [0.2, 0.25) is 5.91 Å². The molecule has 1 aromatic carbocycles. The number of carboxylic acid groups (broad SMARTS) is 1. The van der Waals surface area contributed by atoms with Gasteiger partial charge in [0.15, 0.2) is 0 Å². The maximum Gasteiger partial charge on any atom is 0.320 e. The van der Waals surface area contributed by atoms with Crippen molar-refractivity contribution in [2.75, 3.05) is 13.7 Å². The number of para-hydroxylation sites is 1. The van der Waals surface area contributed by atoms with Crippen LogP contribution in [0.15, 0.2) is 24.3 Å². The van der Waals surface area contributed by atoms with Crippen LogP contribution in [-0.2, 0) is 16.0 Å². The van der Waals surface area contributed by atoms with Crippen molar-refractivity contribution in [3.05, 3.63) is 29.8 Å². The Balaban J connectivity index is 2.32. The third-order valence-corrected chi connectivity index (χ3v) is 2.87. The molecule has 20 heavy (non-hydrogen) atoms. The molecule has 0 radical (unpaired) electrons. The summed E-state index contributed by atoms with van der Waals surface area (Å²) in [5, 5.41) is 11.4. The summed E-state index contributed by atoms with van der Waals surface area (Å²) >= 11 is 0. The Kier molecular flexibility index (Phi) is 6.52. The first-order valence-corrected chi connectivity index (χ1v) is 6.41. The van der Waals surface area contributed by atoms with E-state index >= 15 is 0 Å². The minimum Gasteiger partial charge on any atom is -0.496 e. The van der Waals surface area contributed by atoms with E-state index in [0.29, 0.717) is 25.1 Å². The summed E-state index contributed by atoms with van der Waals surface area (Å²) in [7, 11) is 1.56. The SMILES string of the molecule is COc1ccccc1CC(=O)NCCC[C@H](N)C(=O)O. The lowest BCUT2D eigenvalue weighted by Crippen LogP contribution is -2.32. The molecule has 0 spiro atoms.